The van der Waals surface area contributed by atoms with E-state index in [-0.39, 0.29) is 23.5 Å². The molecule has 0 radical (unpaired) electrons. The Bertz CT molecular complexity index is 1270. The number of imidazole rings is 1. The quantitative estimate of drug-likeness (QED) is 0.215. The van der Waals surface area contributed by atoms with E-state index in [1.54, 1.807) is 5.92 Å². The normalized spacial score (nSPS) is 34.6. The first kappa shape index (κ1) is 22.0. The summed E-state index contributed by atoms with van der Waals surface area (Å²) in [6, 6.07) is 0. The molecule has 1 aliphatic carbocycles. The fourth-order valence-corrected chi connectivity index (χ4v) is 5.26. The molecule has 2 aliphatic rings. The summed E-state index contributed by atoms with van der Waals surface area (Å²) in [5, 5.41) is 10.6. The van der Waals surface area contributed by atoms with Crippen LogP contribution in [0, 0.1) is 12.3 Å². The molecule has 0 amide bonds. The SMILES string of the molecule is C#C[C@@]1(F)[C@H](O)C2(C[C@@H]2OP(=O)(O)OP(=O)(O)O)O[C@H]1n1cnc2c(=O)[nH]c(N)nc21. The van der Waals surface area contributed by atoms with Crippen LogP contribution in [0.25, 0.3) is 11.2 Å². The molecule has 1 saturated heterocycles. The predicted octanol–water partition coefficient (Wildman–Crippen LogP) is -1.33. The minimum absolute atomic E-state index is 0.219. The number of nitrogen functional groups attached to an aromatic ring is 1. The third-order valence-corrected chi connectivity index (χ3v) is 7.03. The van der Waals surface area contributed by atoms with Gasteiger partial charge in [0.1, 0.15) is 17.8 Å². The second-order valence-electron chi connectivity index (χ2n) is 6.85. The zero-order valence-corrected chi connectivity index (χ0v) is 16.8. The summed E-state index contributed by atoms with van der Waals surface area (Å²) >= 11 is 0. The van der Waals surface area contributed by atoms with E-state index in [0.717, 1.165) is 10.9 Å². The van der Waals surface area contributed by atoms with Gasteiger partial charge in [0.2, 0.25) is 11.6 Å². The molecule has 1 spiro atoms. The first-order valence-electron chi connectivity index (χ1n) is 8.25. The number of ether oxygens (including phenoxy) is 1. The van der Waals surface area contributed by atoms with Gasteiger partial charge in [-0.05, 0) is 0 Å². The van der Waals surface area contributed by atoms with E-state index < -0.39 is 50.9 Å². The van der Waals surface area contributed by atoms with Crippen molar-refractivity contribution in [2.45, 2.75) is 36.1 Å². The van der Waals surface area contributed by atoms with Crippen LogP contribution < -0.4 is 11.3 Å². The molecule has 168 valence electrons. The van der Waals surface area contributed by atoms with Crippen molar-refractivity contribution in [1.82, 2.24) is 19.5 Å². The van der Waals surface area contributed by atoms with Crippen LogP contribution in [0.15, 0.2) is 11.1 Å². The molecule has 18 heteroatoms. The maximum atomic E-state index is 15.7. The highest BCUT2D eigenvalue weighted by atomic mass is 31.3. The van der Waals surface area contributed by atoms with Crippen LogP contribution in [0.2, 0.25) is 0 Å². The van der Waals surface area contributed by atoms with Gasteiger partial charge in [0.15, 0.2) is 17.4 Å². The van der Waals surface area contributed by atoms with E-state index in [4.69, 9.17) is 26.7 Å². The van der Waals surface area contributed by atoms with Crippen LogP contribution in [0.1, 0.15) is 12.6 Å². The van der Waals surface area contributed by atoms with Gasteiger partial charge in [-0.1, -0.05) is 5.92 Å². The highest BCUT2D eigenvalue weighted by Gasteiger charge is 2.77. The second kappa shape index (κ2) is 6.66. The monoisotopic (exact) mass is 481 g/mol. The van der Waals surface area contributed by atoms with Gasteiger partial charge < -0.3 is 30.3 Å². The minimum Gasteiger partial charge on any atom is -0.385 e. The first-order valence-corrected chi connectivity index (χ1v) is 11.3. The lowest BCUT2D eigenvalue weighted by Gasteiger charge is -2.23. The van der Waals surface area contributed by atoms with E-state index in [1.807, 2.05) is 0 Å². The van der Waals surface area contributed by atoms with Crippen molar-refractivity contribution < 1.29 is 46.9 Å². The number of fused-ring (bicyclic) bond motifs is 1. The molecular weight excluding hydrogens is 467 g/mol. The first-order chi connectivity index (χ1) is 14.2. The molecule has 2 aromatic heterocycles. The number of hydrogen-bond donors (Lipinski definition) is 6. The van der Waals surface area contributed by atoms with E-state index in [0.29, 0.717) is 0 Å². The van der Waals surface area contributed by atoms with Crippen molar-refractivity contribution >= 4 is 32.8 Å². The molecule has 3 heterocycles. The summed E-state index contributed by atoms with van der Waals surface area (Å²) in [5.74, 6) is 1.44. The number of hydrogen-bond acceptors (Lipinski definition) is 10. The number of H-pyrrole nitrogens is 1. The third kappa shape index (κ3) is 3.50. The maximum absolute atomic E-state index is 15.7. The number of anilines is 1. The molecule has 4 rings (SSSR count). The van der Waals surface area contributed by atoms with Crippen molar-refractivity contribution in [2.24, 2.45) is 0 Å². The molecule has 6 atom stereocenters. The summed E-state index contributed by atoms with van der Waals surface area (Å²) in [4.78, 5) is 48.7. The highest BCUT2D eigenvalue weighted by molar-refractivity contribution is 7.60. The molecule has 2 aromatic rings. The number of aliphatic hydroxyl groups excluding tert-OH is 1. The van der Waals surface area contributed by atoms with Crippen molar-refractivity contribution in [2.75, 3.05) is 5.73 Å². The molecule has 2 unspecified atom stereocenters. The number of alkyl halides is 1. The molecule has 0 aromatic carbocycles. The topological polar surface area (TPSA) is 232 Å². The van der Waals surface area contributed by atoms with Gasteiger partial charge in [-0.3, -0.25) is 18.9 Å². The Morgan fingerprint density at radius 1 is 1.45 bits per heavy atom. The number of rotatable bonds is 5. The molecule has 1 aliphatic heterocycles. The third-order valence-electron chi connectivity index (χ3n) is 4.84. The van der Waals surface area contributed by atoms with Crippen molar-refractivity contribution in [1.29, 1.82) is 0 Å². The lowest BCUT2D eigenvalue weighted by molar-refractivity contribution is -0.0622. The molecule has 7 N–H and O–H groups in total. The Morgan fingerprint density at radius 3 is 2.74 bits per heavy atom. The summed E-state index contributed by atoms with van der Waals surface area (Å²) in [6.07, 6.45) is 0.416. The van der Waals surface area contributed by atoms with E-state index in [1.165, 1.54) is 0 Å². The Labute approximate surface area is 170 Å². The fraction of sp³-hybridized carbons (Fsp3) is 0.462. The molecule has 2 fully saturated rings. The van der Waals surface area contributed by atoms with E-state index >= 15 is 4.39 Å². The van der Waals surface area contributed by atoms with Crippen LogP contribution in [0.5, 0.6) is 0 Å². The largest absolute Gasteiger partial charge is 0.481 e. The fourth-order valence-electron chi connectivity index (χ4n) is 3.46. The summed E-state index contributed by atoms with van der Waals surface area (Å²) in [6.45, 7) is 0. The van der Waals surface area contributed by atoms with E-state index in [2.05, 4.69) is 23.8 Å². The van der Waals surface area contributed by atoms with Gasteiger partial charge in [0.25, 0.3) is 5.56 Å². The second-order valence-corrected chi connectivity index (χ2v) is 9.64. The molecular formula is C13H14FN5O10P2. The lowest BCUT2D eigenvalue weighted by Crippen LogP contribution is -2.43. The average Bonchev–Trinajstić information content (AvgIpc) is 3.02. The number of nitrogens with zero attached hydrogens (tertiary/aromatic N) is 3. The number of terminal acetylenes is 1. The van der Waals surface area contributed by atoms with Crippen LogP contribution in [0.3, 0.4) is 0 Å². The van der Waals surface area contributed by atoms with Crippen molar-refractivity contribution in [3.05, 3.63) is 16.7 Å². The summed E-state index contributed by atoms with van der Waals surface area (Å²) in [7, 11) is -10.7. The Morgan fingerprint density at radius 2 is 2.13 bits per heavy atom. The molecule has 1 saturated carbocycles. The molecule has 31 heavy (non-hydrogen) atoms. The number of halogens is 1. The number of aromatic amines is 1. The van der Waals surface area contributed by atoms with Crippen LogP contribution >= 0.6 is 15.6 Å². The number of nitrogens with one attached hydrogen (secondary N) is 1. The highest BCUT2D eigenvalue weighted by Crippen LogP contribution is 2.66. The Hall–Kier alpha value is -2.18. The Balaban J connectivity index is 1.69. The zero-order valence-electron chi connectivity index (χ0n) is 15.0. The van der Waals surface area contributed by atoms with Crippen LogP contribution in [-0.2, 0) is 22.7 Å². The lowest BCUT2D eigenvalue weighted by atomic mass is 9.95. The van der Waals surface area contributed by atoms with Gasteiger partial charge in [0, 0.05) is 6.42 Å². The minimum atomic E-state index is -5.41. The van der Waals surface area contributed by atoms with Gasteiger partial charge in [-0.25, -0.2) is 18.5 Å². The number of aromatic nitrogens is 4. The average molecular weight is 481 g/mol. The summed E-state index contributed by atoms with van der Waals surface area (Å²) in [5.41, 5.74) is -0.601. The smallest absolute Gasteiger partial charge is 0.385 e. The molecule has 0 bridgehead atoms. The van der Waals surface area contributed by atoms with E-state index in [9.17, 15) is 23.9 Å². The number of nitrogens with two attached hydrogens (primary N) is 1. The van der Waals surface area contributed by atoms with Gasteiger partial charge in [-0.15, -0.1) is 6.42 Å². The molecule has 15 nitrogen and oxygen atoms in total. The number of phosphoric acid groups is 2. The zero-order chi connectivity index (χ0) is 23.0. The van der Waals surface area contributed by atoms with Crippen molar-refractivity contribution in [3.63, 3.8) is 0 Å². The standard InChI is InChI=1S/C13H14FN5O10P2/c1-2-12(14)9(21)13(3-5(13)28-31(25,26)29-30(22,23)24)27-10(12)19-4-16-6-7(19)17-11(15)18-8(6)20/h1,4-5,9-10,21H,3H2,(H,25,26)(H2,22,23,24)(H3,15,17,18,20)/t5-,9-,10+,12+,13?/m0/s1. The van der Waals surface area contributed by atoms with Gasteiger partial charge >= 0.3 is 15.6 Å². The van der Waals surface area contributed by atoms with Gasteiger partial charge in [0.05, 0.1) is 6.33 Å². The van der Waals surface area contributed by atoms with Crippen LogP contribution in [-0.4, -0.2) is 62.8 Å². The Kier molecular flexibility index (Phi) is 4.73. The number of aliphatic hydroxyl groups is 1. The maximum Gasteiger partial charge on any atom is 0.481 e. The summed E-state index contributed by atoms with van der Waals surface area (Å²) < 4.78 is 53.0. The predicted molar refractivity (Wildman–Crippen MR) is 96.5 cm³/mol. The van der Waals surface area contributed by atoms with Gasteiger partial charge in [-0.2, -0.15) is 9.29 Å². The number of phosphoric ester groups is 1. The van der Waals surface area contributed by atoms with Crippen molar-refractivity contribution in [3.8, 4) is 12.3 Å². The van der Waals surface area contributed by atoms with Crippen LogP contribution in [0.4, 0.5) is 10.3 Å².